The number of nitrogens with one attached hydrogen (secondary N) is 1. The lowest BCUT2D eigenvalue weighted by molar-refractivity contribution is -0.133. The summed E-state index contributed by atoms with van der Waals surface area (Å²) in [4.78, 5) is 27.7. The number of carbonyl (C=O) groups excluding carboxylic acids is 2. The van der Waals surface area contributed by atoms with Gasteiger partial charge in [-0.25, -0.2) is 0 Å². The summed E-state index contributed by atoms with van der Waals surface area (Å²) in [5.41, 5.74) is 2.86. The van der Waals surface area contributed by atoms with E-state index in [0.29, 0.717) is 75.4 Å². The number of aromatic hydroxyl groups is 1. The van der Waals surface area contributed by atoms with Crippen molar-refractivity contribution in [2.45, 2.75) is 89.3 Å². The molecule has 1 heterocycles. The number of β-amino-alcohol motifs (C(OH)–C–C–N with tert-alkyl or cyclic N) is 1. The second kappa shape index (κ2) is 18.3. The second-order valence-electron chi connectivity index (χ2n) is 15.3. The number of fused-ring (bicyclic) bond motifs is 5. The minimum atomic E-state index is -0.474. The highest BCUT2D eigenvalue weighted by Gasteiger charge is 2.56. The van der Waals surface area contributed by atoms with Crippen LogP contribution >= 0.6 is 0 Å². The quantitative estimate of drug-likeness (QED) is 0.162. The first-order valence-electron chi connectivity index (χ1n) is 18.8. The zero-order chi connectivity index (χ0) is 34.8. The molecular formula is C38H61N3O8. The molecule has 5 rings (SSSR count). The van der Waals surface area contributed by atoms with Gasteiger partial charge in [0.25, 0.3) is 0 Å². The number of phenolic OH excluding ortho intramolecular Hbond substituents is 1. The van der Waals surface area contributed by atoms with Crippen LogP contribution in [-0.2, 0) is 30.2 Å². The molecule has 11 nitrogen and oxygen atoms in total. The summed E-state index contributed by atoms with van der Waals surface area (Å²) in [7, 11) is 2.14. The molecule has 4 N–H and O–H groups in total. The molecular weight excluding hydrogens is 626 g/mol. The fraction of sp³-hybridized carbons (Fsp3) is 0.789. The minimum Gasteiger partial charge on any atom is -0.508 e. The number of benzene rings is 1. The standard InChI is InChI=1S/C38H61N3O8/c1-38-13-11-32-31-8-7-29(42)23-28(31)22-27(37(32)33(38)9-10-34(38)44)6-4-3-5-14-40(2)16-17-47-18-19-48-20-21-49-26-35(45)39-24-36(46)41-15-12-30(43)25-41/h7-8,23,27,30,32-34,37,42-44H,3-6,9-22,24-26H2,1-2H3,(H,39,45). The highest BCUT2D eigenvalue weighted by atomic mass is 16.5. The Morgan fingerprint density at radius 1 is 0.980 bits per heavy atom. The van der Waals surface area contributed by atoms with E-state index in [4.69, 9.17) is 14.2 Å². The maximum Gasteiger partial charge on any atom is 0.246 e. The van der Waals surface area contributed by atoms with E-state index in [0.717, 1.165) is 51.6 Å². The Kier molecular flexibility index (Phi) is 14.2. The number of rotatable bonds is 19. The van der Waals surface area contributed by atoms with E-state index >= 15 is 0 Å². The molecule has 2 amide bonds. The average molecular weight is 688 g/mol. The van der Waals surface area contributed by atoms with Crippen LogP contribution in [0.15, 0.2) is 18.2 Å². The van der Waals surface area contributed by atoms with Crippen molar-refractivity contribution in [1.82, 2.24) is 15.1 Å². The molecule has 3 aliphatic carbocycles. The number of ether oxygens (including phenoxy) is 3. The van der Waals surface area contributed by atoms with Crippen LogP contribution < -0.4 is 5.32 Å². The molecule has 3 fully saturated rings. The number of amides is 2. The van der Waals surface area contributed by atoms with Gasteiger partial charge in [0.05, 0.1) is 51.8 Å². The molecule has 2 saturated carbocycles. The second-order valence-corrected chi connectivity index (χ2v) is 15.3. The first kappa shape index (κ1) is 38.0. The summed E-state index contributed by atoms with van der Waals surface area (Å²) in [6.07, 6.45) is 10.1. The van der Waals surface area contributed by atoms with E-state index in [2.05, 4.69) is 30.3 Å². The van der Waals surface area contributed by atoms with Crippen LogP contribution in [0.1, 0.15) is 81.8 Å². The number of aliphatic hydroxyl groups is 2. The van der Waals surface area contributed by atoms with E-state index < -0.39 is 6.10 Å². The molecule has 11 heteroatoms. The number of likely N-dealkylation sites (tertiary alicyclic amines) is 1. The van der Waals surface area contributed by atoms with Gasteiger partial charge in [0.15, 0.2) is 0 Å². The molecule has 0 spiro atoms. The first-order valence-corrected chi connectivity index (χ1v) is 18.8. The highest BCUT2D eigenvalue weighted by molar-refractivity contribution is 5.85. The van der Waals surface area contributed by atoms with Gasteiger partial charge in [0.1, 0.15) is 12.4 Å². The number of hydrogen-bond acceptors (Lipinski definition) is 9. The van der Waals surface area contributed by atoms with Crippen LogP contribution in [0.3, 0.4) is 0 Å². The SMILES string of the molecule is CN(CCCCCC1Cc2cc(O)ccc2C2CCC3(C)C(O)CCC3C12)CCOCCOCCOCC(=O)NCC(=O)N1CCC(O)C1. The molecule has 0 aromatic heterocycles. The number of hydrogen-bond donors (Lipinski definition) is 4. The number of unbranched alkanes of at least 4 members (excludes halogenated alkanes) is 2. The van der Waals surface area contributed by atoms with Gasteiger partial charge in [0.2, 0.25) is 11.8 Å². The molecule has 1 aromatic rings. The molecule has 7 unspecified atom stereocenters. The Morgan fingerprint density at radius 3 is 2.53 bits per heavy atom. The van der Waals surface area contributed by atoms with Crippen molar-refractivity contribution >= 4 is 11.8 Å². The van der Waals surface area contributed by atoms with Gasteiger partial charge in [-0.2, -0.15) is 0 Å². The Balaban J connectivity index is 0.878. The Labute approximate surface area is 292 Å². The third kappa shape index (κ3) is 10.2. The lowest BCUT2D eigenvalue weighted by Crippen LogP contribution is -2.47. The monoisotopic (exact) mass is 687 g/mol. The van der Waals surface area contributed by atoms with Crippen molar-refractivity contribution in [1.29, 1.82) is 0 Å². The topological polar surface area (TPSA) is 141 Å². The molecule has 1 aliphatic heterocycles. The minimum absolute atomic E-state index is 0.0589. The van der Waals surface area contributed by atoms with E-state index in [1.54, 1.807) is 4.90 Å². The van der Waals surface area contributed by atoms with Crippen molar-refractivity contribution < 1.29 is 39.1 Å². The maximum absolute atomic E-state index is 12.0. The number of carbonyl (C=O) groups is 2. The van der Waals surface area contributed by atoms with Gasteiger partial charge in [-0.05, 0) is 117 Å². The zero-order valence-corrected chi connectivity index (χ0v) is 29.8. The van der Waals surface area contributed by atoms with Crippen LogP contribution in [0.5, 0.6) is 5.75 Å². The summed E-state index contributed by atoms with van der Waals surface area (Å²) >= 11 is 0. The van der Waals surface area contributed by atoms with Gasteiger partial charge >= 0.3 is 0 Å². The molecule has 7 atom stereocenters. The van der Waals surface area contributed by atoms with Gasteiger partial charge in [-0.3, -0.25) is 9.59 Å². The Bertz CT molecular complexity index is 1220. The molecule has 0 bridgehead atoms. The van der Waals surface area contributed by atoms with Gasteiger partial charge < -0.3 is 44.6 Å². The Hall–Kier alpha value is -2.28. The number of phenols is 1. The summed E-state index contributed by atoms with van der Waals surface area (Å²) in [5, 5.41) is 33.2. The van der Waals surface area contributed by atoms with E-state index in [1.807, 2.05) is 12.1 Å². The average Bonchev–Trinajstić information content (AvgIpc) is 3.65. The van der Waals surface area contributed by atoms with Crippen LogP contribution in [0, 0.1) is 23.2 Å². The van der Waals surface area contributed by atoms with E-state index in [1.165, 1.54) is 30.4 Å². The smallest absolute Gasteiger partial charge is 0.246 e. The highest BCUT2D eigenvalue weighted by Crippen LogP contribution is 2.62. The van der Waals surface area contributed by atoms with Gasteiger partial charge in [-0.1, -0.05) is 25.8 Å². The fourth-order valence-electron chi connectivity index (χ4n) is 9.24. The van der Waals surface area contributed by atoms with E-state index in [9.17, 15) is 24.9 Å². The Morgan fingerprint density at radius 2 is 1.76 bits per heavy atom. The van der Waals surface area contributed by atoms with Crippen LogP contribution in [0.4, 0.5) is 0 Å². The third-order valence-corrected chi connectivity index (χ3v) is 12.0. The van der Waals surface area contributed by atoms with Crippen LogP contribution in [-0.4, -0.2) is 129 Å². The first-order chi connectivity index (χ1) is 23.7. The zero-order valence-electron chi connectivity index (χ0n) is 29.8. The normalized spacial score (nSPS) is 29.1. The lowest BCUT2D eigenvalue weighted by Gasteiger charge is -2.53. The summed E-state index contributed by atoms with van der Waals surface area (Å²) in [5.74, 6) is 2.23. The van der Waals surface area contributed by atoms with Crippen molar-refractivity contribution in [3.63, 3.8) is 0 Å². The molecule has 276 valence electrons. The third-order valence-electron chi connectivity index (χ3n) is 12.0. The summed E-state index contributed by atoms with van der Waals surface area (Å²) in [6.45, 7) is 7.14. The number of aliphatic hydroxyl groups excluding tert-OH is 2. The van der Waals surface area contributed by atoms with Crippen molar-refractivity contribution in [3.8, 4) is 5.75 Å². The molecule has 1 saturated heterocycles. The maximum atomic E-state index is 12.0. The molecule has 4 aliphatic rings. The van der Waals surface area contributed by atoms with Crippen molar-refractivity contribution in [2.75, 3.05) is 79.4 Å². The molecule has 0 radical (unpaired) electrons. The molecule has 1 aromatic carbocycles. The van der Waals surface area contributed by atoms with E-state index in [-0.39, 0.29) is 43.1 Å². The largest absolute Gasteiger partial charge is 0.508 e. The predicted octanol–water partition coefficient (Wildman–Crippen LogP) is 3.09. The number of nitrogens with zero attached hydrogens (tertiary/aromatic N) is 2. The molecule has 49 heavy (non-hydrogen) atoms. The summed E-state index contributed by atoms with van der Waals surface area (Å²) in [6, 6.07) is 6.05. The van der Waals surface area contributed by atoms with Crippen molar-refractivity contribution in [2.24, 2.45) is 23.2 Å². The van der Waals surface area contributed by atoms with Gasteiger partial charge in [0, 0.05) is 19.6 Å². The summed E-state index contributed by atoms with van der Waals surface area (Å²) < 4.78 is 16.6. The van der Waals surface area contributed by atoms with Crippen LogP contribution in [0.2, 0.25) is 0 Å². The van der Waals surface area contributed by atoms with Gasteiger partial charge in [-0.15, -0.1) is 0 Å². The lowest BCUT2D eigenvalue weighted by atomic mass is 9.52. The van der Waals surface area contributed by atoms with Crippen molar-refractivity contribution in [3.05, 3.63) is 29.3 Å². The van der Waals surface area contributed by atoms with Crippen LogP contribution in [0.25, 0.3) is 0 Å². The fourth-order valence-corrected chi connectivity index (χ4v) is 9.24. The number of likely N-dealkylation sites (N-methyl/N-ethyl adjacent to an activating group) is 1. The predicted molar refractivity (Wildman–Crippen MR) is 186 cm³/mol.